The van der Waals surface area contributed by atoms with E-state index in [1.807, 2.05) is 12.1 Å². The molecule has 0 saturated heterocycles. The monoisotopic (exact) mass is 343 g/mol. The molecule has 0 bridgehead atoms. The van der Waals surface area contributed by atoms with Gasteiger partial charge >= 0.3 is 0 Å². The van der Waals surface area contributed by atoms with E-state index in [2.05, 4.69) is 42.0 Å². The van der Waals surface area contributed by atoms with Crippen molar-refractivity contribution in [3.8, 4) is 0 Å². The summed E-state index contributed by atoms with van der Waals surface area (Å²) in [6, 6.07) is 5.85. The fraction of sp³-hybridized carbons (Fsp3) is 0.647. The zero-order valence-electron chi connectivity index (χ0n) is 12.9. The maximum atomic E-state index is 13.3. The summed E-state index contributed by atoms with van der Waals surface area (Å²) in [5.74, 6) is 0.515. The first-order chi connectivity index (χ1) is 9.62. The van der Waals surface area contributed by atoms with E-state index in [1.54, 1.807) is 6.07 Å². The number of benzene rings is 1. The Morgan fingerprint density at radius 1 is 1.15 bits per heavy atom. The van der Waals surface area contributed by atoms with Crippen molar-refractivity contribution in [3.05, 3.63) is 34.1 Å². The topological polar surface area (TPSA) is 12.0 Å². The van der Waals surface area contributed by atoms with Gasteiger partial charge in [0.1, 0.15) is 5.82 Å². The molecule has 0 aliphatic rings. The summed E-state index contributed by atoms with van der Waals surface area (Å²) in [4.78, 5) is 0. The van der Waals surface area contributed by atoms with Gasteiger partial charge in [-0.1, -0.05) is 39.7 Å². The summed E-state index contributed by atoms with van der Waals surface area (Å²) in [6.45, 7) is 7.64. The SMILES string of the molecule is CCCC(CCC)C(Cc1ccc(F)c(Br)c1)NCC. The largest absolute Gasteiger partial charge is 0.314 e. The van der Waals surface area contributed by atoms with E-state index in [-0.39, 0.29) is 5.82 Å². The second-order valence-corrected chi connectivity index (χ2v) is 6.31. The Labute approximate surface area is 131 Å². The molecule has 1 N–H and O–H groups in total. The fourth-order valence-corrected chi connectivity index (χ4v) is 3.30. The van der Waals surface area contributed by atoms with Gasteiger partial charge in [0.25, 0.3) is 0 Å². The first-order valence-corrected chi connectivity index (χ1v) is 8.58. The number of hydrogen-bond donors (Lipinski definition) is 1. The molecule has 0 spiro atoms. The lowest BCUT2D eigenvalue weighted by Crippen LogP contribution is -2.38. The highest BCUT2D eigenvalue weighted by atomic mass is 79.9. The molecule has 0 amide bonds. The number of nitrogens with one attached hydrogen (secondary N) is 1. The average molecular weight is 344 g/mol. The van der Waals surface area contributed by atoms with Crippen molar-refractivity contribution in [3.63, 3.8) is 0 Å². The summed E-state index contributed by atoms with van der Waals surface area (Å²) in [5, 5.41) is 3.63. The van der Waals surface area contributed by atoms with Crippen LogP contribution in [0.5, 0.6) is 0 Å². The van der Waals surface area contributed by atoms with Crippen LogP contribution in [0.15, 0.2) is 22.7 Å². The molecular weight excluding hydrogens is 317 g/mol. The molecule has 1 aromatic rings. The van der Waals surface area contributed by atoms with Crippen molar-refractivity contribution in [2.45, 2.75) is 58.9 Å². The highest BCUT2D eigenvalue weighted by molar-refractivity contribution is 9.10. The van der Waals surface area contributed by atoms with Crippen molar-refractivity contribution in [2.24, 2.45) is 5.92 Å². The van der Waals surface area contributed by atoms with Crippen LogP contribution in [-0.2, 0) is 6.42 Å². The van der Waals surface area contributed by atoms with Gasteiger partial charge in [0.05, 0.1) is 4.47 Å². The minimum Gasteiger partial charge on any atom is -0.314 e. The highest BCUT2D eigenvalue weighted by Gasteiger charge is 2.20. The Hall–Kier alpha value is -0.410. The molecule has 0 saturated carbocycles. The van der Waals surface area contributed by atoms with E-state index in [9.17, 15) is 4.39 Å². The normalized spacial score (nSPS) is 12.9. The maximum Gasteiger partial charge on any atom is 0.137 e. The van der Waals surface area contributed by atoms with Crippen molar-refractivity contribution in [1.29, 1.82) is 0 Å². The van der Waals surface area contributed by atoms with Gasteiger partial charge in [-0.05, 0) is 65.4 Å². The predicted molar refractivity (Wildman–Crippen MR) is 88.6 cm³/mol. The zero-order chi connectivity index (χ0) is 15.0. The quantitative estimate of drug-likeness (QED) is 0.639. The van der Waals surface area contributed by atoms with Crippen LogP contribution in [0.4, 0.5) is 4.39 Å². The molecule has 20 heavy (non-hydrogen) atoms. The lowest BCUT2D eigenvalue weighted by Gasteiger charge is -2.28. The lowest BCUT2D eigenvalue weighted by atomic mass is 9.86. The van der Waals surface area contributed by atoms with Gasteiger partial charge in [-0.15, -0.1) is 0 Å². The first kappa shape index (κ1) is 17.6. The summed E-state index contributed by atoms with van der Waals surface area (Å²) in [6.07, 6.45) is 5.93. The number of halogens is 2. The molecule has 1 rings (SSSR count). The average Bonchev–Trinajstić information content (AvgIpc) is 2.42. The third kappa shape index (κ3) is 5.53. The van der Waals surface area contributed by atoms with Crippen molar-refractivity contribution in [1.82, 2.24) is 5.32 Å². The van der Waals surface area contributed by atoms with Gasteiger partial charge in [0.15, 0.2) is 0 Å². The van der Waals surface area contributed by atoms with Crippen molar-refractivity contribution < 1.29 is 4.39 Å². The predicted octanol–water partition coefficient (Wildman–Crippen LogP) is 5.33. The van der Waals surface area contributed by atoms with Gasteiger partial charge in [-0.3, -0.25) is 0 Å². The number of hydrogen-bond acceptors (Lipinski definition) is 1. The van der Waals surface area contributed by atoms with Gasteiger partial charge < -0.3 is 5.32 Å². The molecule has 0 fully saturated rings. The van der Waals surface area contributed by atoms with Crippen molar-refractivity contribution >= 4 is 15.9 Å². The summed E-state index contributed by atoms with van der Waals surface area (Å²) in [7, 11) is 0. The van der Waals surface area contributed by atoms with Gasteiger partial charge in [-0.2, -0.15) is 0 Å². The molecule has 1 nitrogen and oxygen atoms in total. The molecular formula is C17H27BrFN. The number of rotatable bonds is 9. The Bertz CT molecular complexity index is 389. The van der Waals surface area contributed by atoms with Crippen LogP contribution in [0, 0.1) is 11.7 Å². The molecule has 0 heterocycles. The Morgan fingerprint density at radius 2 is 1.80 bits per heavy atom. The van der Waals surface area contributed by atoms with Crippen LogP contribution < -0.4 is 5.32 Å². The zero-order valence-corrected chi connectivity index (χ0v) is 14.5. The smallest absolute Gasteiger partial charge is 0.137 e. The van der Waals surface area contributed by atoms with Gasteiger partial charge in [0.2, 0.25) is 0 Å². The van der Waals surface area contributed by atoms with Crippen LogP contribution in [0.3, 0.4) is 0 Å². The third-order valence-electron chi connectivity index (χ3n) is 3.79. The second kappa shape index (κ2) is 9.51. The van der Waals surface area contributed by atoms with Crippen LogP contribution >= 0.6 is 15.9 Å². The van der Waals surface area contributed by atoms with E-state index >= 15 is 0 Å². The fourth-order valence-electron chi connectivity index (χ4n) is 2.88. The van der Waals surface area contributed by atoms with Crippen LogP contribution in [0.25, 0.3) is 0 Å². The van der Waals surface area contributed by atoms with Crippen LogP contribution in [0.2, 0.25) is 0 Å². The van der Waals surface area contributed by atoms with Crippen molar-refractivity contribution in [2.75, 3.05) is 6.54 Å². The Kier molecular flexibility index (Phi) is 8.39. The molecule has 3 heteroatoms. The lowest BCUT2D eigenvalue weighted by molar-refractivity contribution is 0.312. The minimum absolute atomic E-state index is 0.188. The Balaban J connectivity index is 2.80. The molecule has 0 aliphatic heterocycles. The first-order valence-electron chi connectivity index (χ1n) is 7.79. The summed E-state index contributed by atoms with van der Waals surface area (Å²) >= 11 is 3.28. The highest BCUT2D eigenvalue weighted by Crippen LogP contribution is 2.23. The second-order valence-electron chi connectivity index (χ2n) is 5.45. The molecule has 1 unspecified atom stereocenters. The Morgan fingerprint density at radius 3 is 2.30 bits per heavy atom. The molecule has 114 valence electrons. The minimum atomic E-state index is -0.188. The van der Waals surface area contributed by atoms with E-state index in [4.69, 9.17) is 0 Å². The van der Waals surface area contributed by atoms with Crippen LogP contribution in [0.1, 0.15) is 52.0 Å². The van der Waals surface area contributed by atoms with E-state index < -0.39 is 0 Å². The van der Waals surface area contributed by atoms with E-state index in [0.29, 0.717) is 16.4 Å². The molecule has 1 atom stereocenters. The maximum absolute atomic E-state index is 13.3. The molecule has 0 aromatic heterocycles. The van der Waals surface area contributed by atoms with Crippen LogP contribution in [-0.4, -0.2) is 12.6 Å². The van der Waals surface area contributed by atoms with Gasteiger partial charge in [0, 0.05) is 6.04 Å². The summed E-state index contributed by atoms with van der Waals surface area (Å²) < 4.78 is 13.9. The van der Waals surface area contributed by atoms with Gasteiger partial charge in [-0.25, -0.2) is 4.39 Å². The standard InChI is InChI=1S/C17H27BrFN/c1-4-7-14(8-5-2)17(20-6-3)12-13-9-10-16(19)15(18)11-13/h9-11,14,17,20H,4-8,12H2,1-3H3. The molecule has 1 aromatic carbocycles. The number of likely N-dealkylation sites (N-methyl/N-ethyl adjacent to an activating group) is 1. The molecule has 0 aliphatic carbocycles. The van der Waals surface area contributed by atoms with E-state index in [1.165, 1.54) is 31.2 Å². The third-order valence-corrected chi connectivity index (χ3v) is 4.40. The van der Waals surface area contributed by atoms with E-state index in [0.717, 1.165) is 13.0 Å². The summed E-state index contributed by atoms with van der Waals surface area (Å²) in [5.41, 5.74) is 1.20. The molecule has 0 radical (unpaired) electrons.